The van der Waals surface area contributed by atoms with Gasteiger partial charge in [0.25, 0.3) is 0 Å². The predicted octanol–water partition coefficient (Wildman–Crippen LogP) is 4.31. The third kappa shape index (κ3) is 3.78. The van der Waals surface area contributed by atoms with Gasteiger partial charge in [0.05, 0.1) is 6.54 Å². The van der Waals surface area contributed by atoms with Crippen LogP contribution in [0.5, 0.6) is 5.75 Å². The van der Waals surface area contributed by atoms with Gasteiger partial charge in [0.1, 0.15) is 17.2 Å². The summed E-state index contributed by atoms with van der Waals surface area (Å²) in [6, 6.07) is 16.6. The third-order valence-electron chi connectivity index (χ3n) is 5.04. The van der Waals surface area contributed by atoms with Gasteiger partial charge in [-0.2, -0.15) is 0 Å². The molecule has 2 heterocycles. The van der Waals surface area contributed by atoms with E-state index in [0.717, 1.165) is 41.3 Å². The maximum atomic E-state index is 11.9. The molecule has 2 aromatic carbocycles. The number of aromatic nitrogens is 3. The average Bonchev–Trinajstić information content (AvgIpc) is 3.48. The van der Waals surface area contributed by atoms with Gasteiger partial charge in [0.15, 0.2) is 5.16 Å². The average molecular weight is 405 g/mol. The number of phenols is 1. The van der Waals surface area contributed by atoms with Crippen molar-refractivity contribution in [3.05, 3.63) is 82.0 Å². The van der Waals surface area contributed by atoms with E-state index in [2.05, 4.69) is 26.9 Å². The molecule has 5 rings (SSSR count). The summed E-state index contributed by atoms with van der Waals surface area (Å²) in [5.41, 5.74) is 2.02. The molecule has 2 aromatic heterocycles. The van der Waals surface area contributed by atoms with Gasteiger partial charge in [-0.05, 0) is 36.1 Å². The number of benzene rings is 2. The monoisotopic (exact) mass is 405 g/mol. The number of hydrogen-bond donors (Lipinski definition) is 1. The van der Waals surface area contributed by atoms with Crippen molar-refractivity contribution in [3.8, 4) is 5.75 Å². The minimum Gasteiger partial charge on any atom is -0.508 e. The lowest BCUT2D eigenvalue weighted by Crippen LogP contribution is -2.06. The summed E-state index contributed by atoms with van der Waals surface area (Å²) in [6.45, 7) is 0.730. The largest absolute Gasteiger partial charge is 0.508 e. The van der Waals surface area contributed by atoms with Crippen LogP contribution in [0, 0.1) is 0 Å². The minimum absolute atomic E-state index is 0.0714. The molecule has 1 aliphatic carbocycles. The molecule has 0 spiro atoms. The van der Waals surface area contributed by atoms with E-state index in [4.69, 9.17) is 4.42 Å². The Morgan fingerprint density at radius 3 is 2.72 bits per heavy atom. The highest BCUT2D eigenvalue weighted by Gasteiger charge is 2.30. The van der Waals surface area contributed by atoms with Gasteiger partial charge in [-0.25, -0.2) is 4.79 Å². The summed E-state index contributed by atoms with van der Waals surface area (Å²) in [5.74, 6) is 2.17. The molecular weight excluding hydrogens is 386 g/mol. The molecular formula is C22H19N3O3S. The lowest BCUT2D eigenvalue weighted by molar-refractivity contribution is 0.473. The van der Waals surface area contributed by atoms with Crippen LogP contribution in [0.3, 0.4) is 0 Å². The molecule has 0 amide bonds. The molecule has 0 bridgehead atoms. The molecule has 1 aliphatic rings. The summed E-state index contributed by atoms with van der Waals surface area (Å²) < 4.78 is 7.42. The Bertz CT molecular complexity index is 1230. The summed E-state index contributed by atoms with van der Waals surface area (Å²) in [4.78, 5) is 11.9. The van der Waals surface area contributed by atoms with Gasteiger partial charge in [-0.1, -0.05) is 42.1 Å². The fraction of sp³-hybridized carbons (Fsp3) is 0.227. The van der Waals surface area contributed by atoms with Crippen molar-refractivity contribution in [1.29, 1.82) is 0 Å². The SMILES string of the molecule is O=c1cc(CSc2nnc(C3CC3)n2Cc2ccccc2)c2ccc(O)cc2o1. The van der Waals surface area contributed by atoms with Crippen LogP contribution in [0.25, 0.3) is 11.0 Å². The molecule has 1 saturated carbocycles. The molecule has 1 N–H and O–H groups in total. The fourth-order valence-corrected chi connectivity index (χ4v) is 4.38. The van der Waals surface area contributed by atoms with Gasteiger partial charge in [0.2, 0.25) is 0 Å². The van der Waals surface area contributed by atoms with Crippen molar-refractivity contribution in [1.82, 2.24) is 14.8 Å². The topological polar surface area (TPSA) is 81.2 Å². The standard InChI is InChI=1S/C22H19N3O3S/c26-17-8-9-18-16(10-20(27)28-19(18)11-17)13-29-22-24-23-21(15-6-7-15)25(22)12-14-4-2-1-3-5-14/h1-5,8-11,15,26H,6-7,12-13H2. The number of fused-ring (bicyclic) bond motifs is 1. The number of hydrogen-bond acceptors (Lipinski definition) is 6. The molecule has 0 unspecified atom stereocenters. The van der Waals surface area contributed by atoms with E-state index in [1.54, 1.807) is 23.9 Å². The molecule has 0 saturated heterocycles. The van der Waals surface area contributed by atoms with E-state index < -0.39 is 5.63 Å². The highest BCUT2D eigenvalue weighted by molar-refractivity contribution is 7.98. The number of nitrogens with zero attached hydrogens (tertiary/aromatic N) is 3. The van der Waals surface area contributed by atoms with Crippen LogP contribution in [-0.2, 0) is 12.3 Å². The Morgan fingerprint density at radius 2 is 1.93 bits per heavy atom. The summed E-state index contributed by atoms with van der Waals surface area (Å²) in [5, 5.41) is 20.2. The molecule has 29 heavy (non-hydrogen) atoms. The Morgan fingerprint density at radius 1 is 1.10 bits per heavy atom. The highest BCUT2D eigenvalue weighted by atomic mass is 32.2. The zero-order valence-corrected chi connectivity index (χ0v) is 16.4. The predicted molar refractivity (Wildman–Crippen MR) is 111 cm³/mol. The lowest BCUT2D eigenvalue weighted by Gasteiger charge is -2.10. The quantitative estimate of drug-likeness (QED) is 0.380. The molecule has 6 nitrogen and oxygen atoms in total. The van der Waals surface area contributed by atoms with Crippen molar-refractivity contribution in [3.63, 3.8) is 0 Å². The maximum absolute atomic E-state index is 11.9. The van der Waals surface area contributed by atoms with Crippen LogP contribution in [0.4, 0.5) is 0 Å². The second kappa shape index (κ2) is 7.40. The Labute approximate surface area is 171 Å². The van der Waals surface area contributed by atoms with Crippen molar-refractivity contribution in [2.24, 2.45) is 0 Å². The number of phenolic OH excluding ortho intramolecular Hbond substituents is 1. The first-order valence-corrected chi connectivity index (χ1v) is 10.5. The molecule has 146 valence electrons. The number of aromatic hydroxyl groups is 1. The van der Waals surface area contributed by atoms with Crippen LogP contribution in [0.1, 0.15) is 35.7 Å². The molecule has 7 heteroatoms. The van der Waals surface area contributed by atoms with Crippen LogP contribution < -0.4 is 5.63 Å². The third-order valence-corrected chi connectivity index (χ3v) is 6.06. The van der Waals surface area contributed by atoms with E-state index in [1.807, 2.05) is 18.2 Å². The molecule has 0 atom stereocenters. The normalized spacial score (nSPS) is 13.8. The zero-order chi connectivity index (χ0) is 19.8. The van der Waals surface area contributed by atoms with E-state index in [1.165, 1.54) is 17.7 Å². The van der Waals surface area contributed by atoms with Crippen LogP contribution in [-0.4, -0.2) is 19.9 Å². The number of rotatable bonds is 6. The van der Waals surface area contributed by atoms with Gasteiger partial charge in [-0.3, -0.25) is 0 Å². The maximum Gasteiger partial charge on any atom is 0.336 e. The van der Waals surface area contributed by atoms with Gasteiger partial charge in [0, 0.05) is 29.2 Å². The zero-order valence-electron chi connectivity index (χ0n) is 15.6. The highest BCUT2D eigenvalue weighted by Crippen LogP contribution is 2.40. The first-order valence-electron chi connectivity index (χ1n) is 9.53. The Kier molecular flexibility index (Phi) is 4.60. The van der Waals surface area contributed by atoms with Gasteiger partial charge >= 0.3 is 5.63 Å². The van der Waals surface area contributed by atoms with Crippen molar-refractivity contribution in [2.45, 2.75) is 36.2 Å². The van der Waals surface area contributed by atoms with Crippen molar-refractivity contribution in [2.75, 3.05) is 0 Å². The van der Waals surface area contributed by atoms with Crippen LogP contribution in [0.15, 0.2) is 69.0 Å². The van der Waals surface area contributed by atoms with Gasteiger partial charge in [-0.15, -0.1) is 10.2 Å². The molecule has 4 aromatic rings. The Hall–Kier alpha value is -3.06. The summed E-state index contributed by atoms with van der Waals surface area (Å²) >= 11 is 1.56. The van der Waals surface area contributed by atoms with Crippen LogP contribution in [0.2, 0.25) is 0 Å². The Balaban J connectivity index is 1.46. The first kappa shape index (κ1) is 18.0. The van der Waals surface area contributed by atoms with E-state index >= 15 is 0 Å². The summed E-state index contributed by atoms with van der Waals surface area (Å²) in [6.07, 6.45) is 2.32. The molecule has 1 fully saturated rings. The minimum atomic E-state index is -0.428. The molecule has 0 aliphatic heterocycles. The van der Waals surface area contributed by atoms with E-state index in [-0.39, 0.29) is 5.75 Å². The second-order valence-electron chi connectivity index (χ2n) is 7.25. The van der Waals surface area contributed by atoms with E-state index in [9.17, 15) is 9.90 Å². The van der Waals surface area contributed by atoms with Gasteiger partial charge < -0.3 is 14.1 Å². The molecule has 0 radical (unpaired) electrons. The van der Waals surface area contributed by atoms with E-state index in [0.29, 0.717) is 17.3 Å². The number of thioether (sulfide) groups is 1. The fourth-order valence-electron chi connectivity index (χ4n) is 3.45. The summed E-state index contributed by atoms with van der Waals surface area (Å²) in [7, 11) is 0. The smallest absolute Gasteiger partial charge is 0.336 e. The van der Waals surface area contributed by atoms with Crippen molar-refractivity contribution >= 4 is 22.7 Å². The second-order valence-corrected chi connectivity index (χ2v) is 8.19. The first-order chi connectivity index (χ1) is 14.2. The lowest BCUT2D eigenvalue weighted by atomic mass is 10.1. The van der Waals surface area contributed by atoms with Crippen molar-refractivity contribution < 1.29 is 9.52 Å². The van der Waals surface area contributed by atoms with Crippen LogP contribution >= 0.6 is 11.8 Å².